The number of nitrogen functional groups attached to an aromatic ring is 1. The SMILES string of the molecule is Nc1ncnc2c1c(-c1ccc(NSc3ccc(Cl)cc3)c(F)c1)cn2C1CCCC1. The van der Waals surface area contributed by atoms with Gasteiger partial charge in [0.15, 0.2) is 0 Å². The van der Waals surface area contributed by atoms with Gasteiger partial charge in [0, 0.05) is 27.7 Å². The van der Waals surface area contributed by atoms with Crippen molar-refractivity contribution >= 4 is 46.1 Å². The standard InChI is InChI=1S/C23H21ClFN5S/c24-15-6-8-17(9-7-15)31-29-20-10-5-14(11-19(20)25)18-12-30(16-3-1-2-4-16)23-21(18)22(26)27-13-28-23/h5-13,16,29H,1-4H2,(H2,26,27,28). The van der Waals surface area contributed by atoms with Gasteiger partial charge < -0.3 is 15.0 Å². The molecule has 0 spiro atoms. The predicted molar refractivity (Wildman–Crippen MR) is 126 cm³/mol. The highest BCUT2D eigenvalue weighted by atomic mass is 35.5. The molecule has 0 aliphatic heterocycles. The predicted octanol–water partition coefficient (Wildman–Crippen LogP) is 6.71. The quantitative estimate of drug-likeness (QED) is 0.329. The molecular weight excluding hydrogens is 433 g/mol. The molecule has 2 aromatic heterocycles. The largest absolute Gasteiger partial charge is 0.383 e. The number of benzene rings is 2. The summed E-state index contributed by atoms with van der Waals surface area (Å²) < 4.78 is 20.2. The molecular formula is C23H21ClFN5S. The summed E-state index contributed by atoms with van der Waals surface area (Å²) >= 11 is 7.25. The van der Waals surface area contributed by atoms with Gasteiger partial charge in [-0.2, -0.15) is 0 Å². The number of rotatable bonds is 5. The molecule has 0 amide bonds. The molecule has 0 saturated heterocycles. The molecule has 2 aromatic carbocycles. The highest BCUT2D eigenvalue weighted by Crippen LogP contribution is 2.39. The lowest BCUT2D eigenvalue weighted by molar-refractivity contribution is 0.532. The van der Waals surface area contributed by atoms with E-state index in [1.807, 2.05) is 18.2 Å². The van der Waals surface area contributed by atoms with Gasteiger partial charge >= 0.3 is 0 Å². The van der Waals surface area contributed by atoms with Gasteiger partial charge in [0.05, 0.1) is 11.1 Å². The summed E-state index contributed by atoms with van der Waals surface area (Å²) in [7, 11) is 0. The van der Waals surface area contributed by atoms with Crippen LogP contribution >= 0.6 is 23.5 Å². The Bertz CT molecular complexity index is 1230. The zero-order chi connectivity index (χ0) is 21.4. The number of nitrogens with zero attached hydrogens (tertiary/aromatic N) is 3. The van der Waals surface area contributed by atoms with Crippen LogP contribution < -0.4 is 10.5 Å². The second-order valence-electron chi connectivity index (χ2n) is 7.70. The number of hydrogen-bond acceptors (Lipinski definition) is 5. The van der Waals surface area contributed by atoms with Crippen LogP contribution in [0.5, 0.6) is 0 Å². The molecule has 3 N–H and O–H groups in total. The molecule has 0 atom stereocenters. The molecule has 5 rings (SSSR count). The molecule has 5 nitrogen and oxygen atoms in total. The minimum absolute atomic E-state index is 0.337. The van der Waals surface area contributed by atoms with E-state index in [1.165, 1.54) is 37.2 Å². The van der Waals surface area contributed by atoms with E-state index in [-0.39, 0.29) is 5.82 Å². The van der Waals surface area contributed by atoms with E-state index < -0.39 is 0 Å². The Hall–Kier alpha value is -2.77. The molecule has 158 valence electrons. The van der Waals surface area contributed by atoms with Crippen LogP contribution in [-0.4, -0.2) is 14.5 Å². The van der Waals surface area contributed by atoms with Crippen molar-refractivity contribution in [3.63, 3.8) is 0 Å². The number of aromatic nitrogens is 3. The van der Waals surface area contributed by atoms with Crippen LogP contribution in [0.25, 0.3) is 22.2 Å². The number of fused-ring (bicyclic) bond motifs is 1. The van der Waals surface area contributed by atoms with E-state index in [0.29, 0.717) is 22.6 Å². The number of nitrogens with one attached hydrogen (secondary N) is 1. The van der Waals surface area contributed by atoms with E-state index in [1.54, 1.807) is 18.2 Å². The summed E-state index contributed by atoms with van der Waals surface area (Å²) in [6.07, 6.45) is 8.20. The van der Waals surface area contributed by atoms with Crippen molar-refractivity contribution in [2.75, 3.05) is 10.5 Å². The molecule has 0 unspecified atom stereocenters. The van der Waals surface area contributed by atoms with E-state index >= 15 is 0 Å². The number of anilines is 2. The Morgan fingerprint density at radius 1 is 1.10 bits per heavy atom. The number of halogens is 2. The van der Waals surface area contributed by atoms with Crippen LogP contribution in [0, 0.1) is 5.82 Å². The Balaban J connectivity index is 1.47. The molecule has 1 aliphatic rings. The van der Waals surface area contributed by atoms with Gasteiger partial charge in [0.1, 0.15) is 23.6 Å². The van der Waals surface area contributed by atoms with Crippen molar-refractivity contribution in [2.45, 2.75) is 36.6 Å². The van der Waals surface area contributed by atoms with Crippen molar-refractivity contribution in [1.29, 1.82) is 0 Å². The van der Waals surface area contributed by atoms with Crippen LogP contribution in [-0.2, 0) is 0 Å². The molecule has 8 heteroatoms. The van der Waals surface area contributed by atoms with E-state index in [2.05, 4.69) is 25.5 Å². The zero-order valence-electron chi connectivity index (χ0n) is 16.7. The third kappa shape index (κ3) is 3.95. The number of nitrogens with two attached hydrogens (primary N) is 1. The first-order valence-electron chi connectivity index (χ1n) is 10.2. The summed E-state index contributed by atoms with van der Waals surface area (Å²) in [5.41, 5.74) is 9.05. The van der Waals surface area contributed by atoms with Gasteiger partial charge in [-0.1, -0.05) is 30.5 Å². The lowest BCUT2D eigenvalue weighted by atomic mass is 10.1. The van der Waals surface area contributed by atoms with Crippen LogP contribution in [0.4, 0.5) is 15.9 Å². The minimum atomic E-state index is -0.337. The van der Waals surface area contributed by atoms with Gasteiger partial charge in [0.25, 0.3) is 0 Å². The molecule has 2 heterocycles. The third-order valence-electron chi connectivity index (χ3n) is 5.73. The second-order valence-corrected chi connectivity index (χ2v) is 9.01. The lowest BCUT2D eigenvalue weighted by Gasteiger charge is -2.12. The highest BCUT2D eigenvalue weighted by Gasteiger charge is 2.23. The van der Waals surface area contributed by atoms with E-state index in [4.69, 9.17) is 17.3 Å². The first-order valence-corrected chi connectivity index (χ1v) is 11.4. The van der Waals surface area contributed by atoms with Gasteiger partial charge in [-0.05, 0) is 66.8 Å². The summed E-state index contributed by atoms with van der Waals surface area (Å²) in [4.78, 5) is 9.61. The summed E-state index contributed by atoms with van der Waals surface area (Å²) in [5.74, 6) is 0.0776. The molecule has 31 heavy (non-hydrogen) atoms. The summed E-state index contributed by atoms with van der Waals surface area (Å²) in [6, 6.07) is 12.9. The van der Waals surface area contributed by atoms with Crippen LogP contribution in [0.2, 0.25) is 5.02 Å². The van der Waals surface area contributed by atoms with Crippen LogP contribution in [0.3, 0.4) is 0 Å². The normalized spacial score (nSPS) is 14.4. The van der Waals surface area contributed by atoms with Crippen molar-refractivity contribution in [3.8, 4) is 11.1 Å². The Morgan fingerprint density at radius 2 is 1.87 bits per heavy atom. The maximum atomic E-state index is 14.9. The first kappa shape index (κ1) is 20.2. The third-order valence-corrected chi connectivity index (χ3v) is 6.81. The van der Waals surface area contributed by atoms with Crippen molar-refractivity contribution < 1.29 is 4.39 Å². The molecule has 0 radical (unpaired) electrons. The Labute approximate surface area is 189 Å². The molecule has 4 aromatic rings. The maximum absolute atomic E-state index is 14.9. The average Bonchev–Trinajstić information content (AvgIpc) is 3.42. The highest BCUT2D eigenvalue weighted by molar-refractivity contribution is 8.00. The fourth-order valence-electron chi connectivity index (χ4n) is 4.17. The molecule has 1 fully saturated rings. The Morgan fingerprint density at radius 3 is 2.61 bits per heavy atom. The second kappa shape index (κ2) is 8.40. The van der Waals surface area contributed by atoms with Crippen molar-refractivity contribution in [1.82, 2.24) is 14.5 Å². The lowest BCUT2D eigenvalue weighted by Crippen LogP contribution is -2.04. The molecule has 1 saturated carbocycles. The van der Waals surface area contributed by atoms with Gasteiger partial charge in [-0.3, -0.25) is 0 Å². The van der Waals surface area contributed by atoms with E-state index in [0.717, 1.165) is 39.9 Å². The van der Waals surface area contributed by atoms with E-state index in [9.17, 15) is 4.39 Å². The monoisotopic (exact) mass is 453 g/mol. The number of hydrogen-bond donors (Lipinski definition) is 2. The fourth-order valence-corrected chi connectivity index (χ4v) is 4.96. The van der Waals surface area contributed by atoms with Gasteiger partial charge in [0.2, 0.25) is 0 Å². The molecule has 0 bridgehead atoms. The average molecular weight is 454 g/mol. The van der Waals surface area contributed by atoms with Crippen molar-refractivity contribution in [2.24, 2.45) is 0 Å². The van der Waals surface area contributed by atoms with Crippen molar-refractivity contribution in [3.05, 3.63) is 65.8 Å². The smallest absolute Gasteiger partial charge is 0.147 e. The Kier molecular flexibility index (Phi) is 5.46. The maximum Gasteiger partial charge on any atom is 0.147 e. The van der Waals surface area contributed by atoms with Crippen LogP contribution in [0.1, 0.15) is 31.7 Å². The summed E-state index contributed by atoms with van der Waals surface area (Å²) in [6.45, 7) is 0. The summed E-state index contributed by atoms with van der Waals surface area (Å²) in [5, 5.41) is 1.45. The first-order chi connectivity index (χ1) is 15.1. The van der Waals surface area contributed by atoms with Gasteiger partial charge in [-0.25, -0.2) is 14.4 Å². The minimum Gasteiger partial charge on any atom is -0.383 e. The van der Waals surface area contributed by atoms with Crippen LogP contribution in [0.15, 0.2) is 59.9 Å². The fraction of sp³-hybridized carbons (Fsp3) is 0.217. The zero-order valence-corrected chi connectivity index (χ0v) is 18.3. The van der Waals surface area contributed by atoms with Gasteiger partial charge in [-0.15, -0.1) is 0 Å². The molecule has 1 aliphatic carbocycles. The topological polar surface area (TPSA) is 68.8 Å².